The molecule has 9 heteroatoms. The Kier molecular flexibility index (Phi) is 7.05. The monoisotopic (exact) mass is 462 g/mol. The number of carbonyl (C=O) groups is 2. The summed E-state index contributed by atoms with van der Waals surface area (Å²) < 4.78 is 43.8. The van der Waals surface area contributed by atoms with Crippen molar-refractivity contribution in [1.29, 1.82) is 0 Å². The molecule has 5 nitrogen and oxygen atoms in total. The average Bonchev–Trinajstić information content (AvgIpc) is 2.74. The second-order valence-electron chi connectivity index (χ2n) is 6.85. The standard InChI is InChI=1S/C23H18ClF3N2O3/c1-14-11-17(24)7-10-20(14)29-21(30)13-32-19-8-5-15(6-9-19)22(31)28-18-4-2-3-16(12-18)23(25,26)27/h2-12H,13H2,1H3,(H,28,31)(H,29,30). The van der Waals surface area contributed by atoms with Gasteiger partial charge in [-0.1, -0.05) is 17.7 Å². The Morgan fingerprint density at radius 3 is 2.34 bits per heavy atom. The van der Waals surface area contributed by atoms with Gasteiger partial charge < -0.3 is 15.4 Å². The Morgan fingerprint density at radius 2 is 1.69 bits per heavy atom. The number of ether oxygens (including phenoxy) is 1. The average molecular weight is 463 g/mol. The van der Waals surface area contributed by atoms with Crippen LogP contribution in [0.3, 0.4) is 0 Å². The van der Waals surface area contributed by atoms with Crippen molar-refractivity contribution in [2.24, 2.45) is 0 Å². The minimum atomic E-state index is -4.50. The van der Waals surface area contributed by atoms with Crippen LogP contribution < -0.4 is 15.4 Å². The number of nitrogens with one attached hydrogen (secondary N) is 2. The van der Waals surface area contributed by atoms with Crippen molar-refractivity contribution in [3.05, 3.63) is 88.4 Å². The molecule has 0 aliphatic heterocycles. The summed E-state index contributed by atoms with van der Waals surface area (Å²) in [6, 6.07) is 15.3. The van der Waals surface area contributed by atoms with Gasteiger partial charge in [0.05, 0.1) is 5.56 Å². The Bertz CT molecular complexity index is 1130. The molecule has 0 saturated carbocycles. The first-order valence-electron chi connectivity index (χ1n) is 9.39. The van der Waals surface area contributed by atoms with E-state index in [0.717, 1.165) is 17.7 Å². The fourth-order valence-corrected chi connectivity index (χ4v) is 3.01. The molecule has 3 aromatic rings. The Morgan fingerprint density at radius 1 is 0.969 bits per heavy atom. The van der Waals surface area contributed by atoms with E-state index in [9.17, 15) is 22.8 Å². The fourth-order valence-electron chi connectivity index (χ4n) is 2.78. The molecule has 3 aromatic carbocycles. The number of carbonyl (C=O) groups excluding carboxylic acids is 2. The Balaban J connectivity index is 1.55. The van der Waals surface area contributed by atoms with Gasteiger partial charge in [-0.25, -0.2) is 0 Å². The molecule has 0 aromatic heterocycles. The van der Waals surface area contributed by atoms with Crippen molar-refractivity contribution in [1.82, 2.24) is 0 Å². The number of anilines is 2. The fraction of sp³-hybridized carbons (Fsp3) is 0.130. The van der Waals surface area contributed by atoms with Crippen LogP contribution in [0, 0.1) is 6.92 Å². The first-order chi connectivity index (χ1) is 15.1. The number of alkyl halides is 3. The molecule has 32 heavy (non-hydrogen) atoms. The number of halogens is 4. The zero-order valence-electron chi connectivity index (χ0n) is 16.8. The smallest absolute Gasteiger partial charge is 0.416 e. The highest BCUT2D eigenvalue weighted by Crippen LogP contribution is 2.30. The molecule has 2 amide bonds. The number of hydrogen-bond donors (Lipinski definition) is 2. The van der Waals surface area contributed by atoms with Crippen LogP contribution in [0.1, 0.15) is 21.5 Å². The van der Waals surface area contributed by atoms with E-state index in [2.05, 4.69) is 10.6 Å². The molecule has 0 unspecified atom stereocenters. The molecule has 0 heterocycles. The van der Waals surface area contributed by atoms with Crippen LogP contribution in [-0.4, -0.2) is 18.4 Å². The maximum absolute atomic E-state index is 12.8. The quantitative estimate of drug-likeness (QED) is 0.476. The summed E-state index contributed by atoms with van der Waals surface area (Å²) in [7, 11) is 0. The van der Waals surface area contributed by atoms with Gasteiger partial charge in [-0.05, 0) is 73.2 Å². The lowest BCUT2D eigenvalue weighted by atomic mass is 10.1. The van der Waals surface area contributed by atoms with Gasteiger partial charge in [0.15, 0.2) is 6.61 Å². The van der Waals surface area contributed by atoms with Gasteiger partial charge in [0.2, 0.25) is 0 Å². The number of amides is 2. The maximum Gasteiger partial charge on any atom is 0.416 e. The third kappa shape index (κ3) is 6.24. The molecule has 0 spiro atoms. The lowest BCUT2D eigenvalue weighted by Gasteiger charge is -2.11. The second kappa shape index (κ2) is 9.74. The Labute approximate surface area is 187 Å². The summed E-state index contributed by atoms with van der Waals surface area (Å²) in [6.45, 7) is 1.56. The van der Waals surface area contributed by atoms with Gasteiger partial charge in [-0.15, -0.1) is 0 Å². The van der Waals surface area contributed by atoms with E-state index in [1.54, 1.807) is 18.2 Å². The van der Waals surface area contributed by atoms with Crippen LogP contribution in [0.25, 0.3) is 0 Å². The molecule has 0 aliphatic rings. The zero-order valence-corrected chi connectivity index (χ0v) is 17.6. The summed E-state index contributed by atoms with van der Waals surface area (Å²) in [5.41, 5.74) is 0.813. The third-order valence-electron chi connectivity index (χ3n) is 4.40. The molecule has 0 atom stereocenters. The Hall–Kier alpha value is -3.52. The third-order valence-corrected chi connectivity index (χ3v) is 4.63. The highest BCUT2D eigenvalue weighted by Gasteiger charge is 2.30. The van der Waals surface area contributed by atoms with Gasteiger partial charge in [0, 0.05) is 22.0 Å². The van der Waals surface area contributed by atoms with Crippen LogP contribution in [0.15, 0.2) is 66.7 Å². The van der Waals surface area contributed by atoms with Crippen molar-refractivity contribution in [3.63, 3.8) is 0 Å². The van der Waals surface area contributed by atoms with E-state index >= 15 is 0 Å². The van der Waals surface area contributed by atoms with Crippen LogP contribution in [-0.2, 0) is 11.0 Å². The van der Waals surface area contributed by atoms with Crippen molar-refractivity contribution in [3.8, 4) is 5.75 Å². The summed E-state index contributed by atoms with van der Waals surface area (Å²) in [5, 5.41) is 5.70. The minimum Gasteiger partial charge on any atom is -0.484 e. The molecule has 0 saturated heterocycles. The molecule has 0 fully saturated rings. The minimum absolute atomic E-state index is 0.0271. The highest BCUT2D eigenvalue weighted by molar-refractivity contribution is 6.30. The summed E-state index contributed by atoms with van der Waals surface area (Å²) in [5.74, 6) is -0.600. The number of benzene rings is 3. The van der Waals surface area contributed by atoms with E-state index in [1.807, 2.05) is 6.92 Å². The van der Waals surface area contributed by atoms with Crippen molar-refractivity contribution >= 4 is 34.8 Å². The number of aryl methyl sites for hydroxylation is 1. The number of rotatable bonds is 6. The second-order valence-corrected chi connectivity index (χ2v) is 7.29. The maximum atomic E-state index is 12.8. The van der Waals surface area contributed by atoms with Crippen LogP contribution in [0.5, 0.6) is 5.75 Å². The van der Waals surface area contributed by atoms with Gasteiger partial charge >= 0.3 is 6.18 Å². The highest BCUT2D eigenvalue weighted by atomic mass is 35.5. The predicted molar refractivity (Wildman–Crippen MR) is 116 cm³/mol. The van der Waals surface area contributed by atoms with Crippen LogP contribution in [0.2, 0.25) is 5.02 Å². The molecular formula is C23H18ClF3N2O3. The summed E-state index contributed by atoms with van der Waals surface area (Å²) in [4.78, 5) is 24.4. The molecular weight excluding hydrogens is 445 g/mol. The first-order valence-corrected chi connectivity index (χ1v) is 9.77. The van der Waals surface area contributed by atoms with E-state index < -0.39 is 17.6 Å². The first kappa shape index (κ1) is 23.1. The summed E-state index contributed by atoms with van der Waals surface area (Å²) >= 11 is 5.89. The van der Waals surface area contributed by atoms with Gasteiger partial charge in [-0.3, -0.25) is 9.59 Å². The van der Waals surface area contributed by atoms with E-state index in [-0.39, 0.29) is 23.8 Å². The molecule has 0 radical (unpaired) electrons. The van der Waals surface area contributed by atoms with E-state index in [1.165, 1.54) is 36.4 Å². The lowest BCUT2D eigenvalue weighted by Crippen LogP contribution is -2.20. The van der Waals surface area contributed by atoms with Gasteiger partial charge in [0.1, 0.15) is 5.75 Å². The molecule has 166 valence electrons. The van der Waals surface area contributed by atoms with Crippen molar-refractivity contribution in [2.45, 2.75) is 13.1 Å². The van der Waals surface area contributed by atoms with Gasteiger partial charge in [-0.2, -0.15) is 13.2 Å². The SMILES string of the molecule is Cc1cc(Cl)ccc1NC(=O)COc1ccc(C(=O)Nc2cccc(C(F)(F)F)c2)cc1. The molecule has 0 aliphatic carbocycles. The summed E-state index contributed by atoms with van der Waals surface area (Å²) in [6.07, 6.45) is -4.50. The normalized spacial score (nSPS) is 11.0. The van der Waals surface area contributed by atoms with Crippen LogP contribution >= 0.6 is 11.6 Å². The van der Waals surface area contributed by atoms with Crippen molar-refractivity contribution < 1.29 is 27.5 Å². The van der Waals surface area contributed by atoms with Gasteiger partial charge in [0.25, 0.3) is 11.8 Å². The predicted octanol–water partition coefficient (Wildman–Crippen LogP) is 5.94. The lowest BCUT2D eigenvalue weighted by molar-refractivity contribution is -0.137. The van der Waals surface area contributed by atoms with Crippen LogP contribution in [0.4, 0.5) is 24.5 Å². The molecule has 3 rings (SSSR count). The zero-order chi connectivity index (χ0) is 23.3. The largest absolute Gasteiger partial charge is 0.484 e. The molecule has 2 N–H and O–H groups in total. The van der Waals surface area contributed by atoms with E-state index in [4.69, 9.17) is 16.3 Å². The topological polar surface area (TPSA) is 67.4 Å². The molecule has 0 bridgehead atoms. The number of hydrogen-bond acceptors (Lipinski definition) is 3. The van der Waals surface area contributed by atoms with E-state index in [0.29, 0.717) is 16.5 Å². The van der Waals surface area contributed by atoms with Crippen molar-refractivity contribution in [2.75, 3.05) is 17.2 Å².